The molecule has 1 aliphatic heterocycles. The van der Waals surface area contributed by atoms with Crippen molar-refractivity contribution in [2.75, 3.05) is 16.0 Å². The van der Waals surface area contributed by atoms with Crippen LogP contribution >= 0.6 is 11.8 Å². The maximum atomic E-state index is 13.0. The molecular weight excluding hydrogens is 416 g/mol. The van der Waals surface area contributed by atoms with Gasteiger partial charge in [-0.05, 0) is 47.7 Å². The highest BCUT2D eigenvalue weighted by Crippen LogP contribution is 2.46. The van der Waals surface area contributed by atoms with Crippen LogP contribution in [0, 0.1) is 0 Å². The molecule has 1 atom stereocenters. The summed E-state index contributed by atoms with van der Waals surface area (Å²) in [6.07, 6.45) is 0.936. The van der Waals surface area contributed by atoms with Gasteiger partial charge < -0.3 is 5.32 Å². The Morgan fingerprint density at radius 2 is 1.72 bits per heavy atom. The maximum Gasteiger partial charge on any atom is 0.255 e. The molecule has 1 N–H and O–H groups in total. The Morgan fingerprint density at radius 1 is 1.03 bits per heavy atom. The Bertz CT molecular complexity index is 1120. The molecular formula is C27H28N2O2S. The zero-order chi connectivity index (χ0) is 22.7. The predicted octanol–water partition coefficient (Wildman–Crippen LogP) is 6.40. The van der Waals surface area contributed by atoms with Crippen LogP contribution < -0.4 is 10.2 Å². The second-order valence-corrected chi connectivity index (χ2v) is 9.30. The van der Waals surface area contributed by atoms with Gasteiger partial charge >= 0.3 is 0 Å². The Labute approximate surface area is 194 Å². The van der Waals surface area contributed by atoms with Crippen molar-refractivity contribution in [3.63, 3.8) is 0 Å². The maximum absolute atomic E-state index is 13.0. The first-order valence-electron chi connectivity index (χ1n) is 11.0. The van der Waals surface area contributed by atoms with E-state index in [-0.39, 0.29) is 17.2 Å². The summed E-state index contributed by atoms with van der Waals surface area (Å²) in [6, 6.07) is 23.5. The lowest BCUT2D eigenvalue weighted by molar-refractivity contribution is -0.115. The van der Waals surface area contributed by atoms with Crippen molar-refractivity contribution in [1.29, 1.82) is 0 Å². The molecule has 4 nitrogen and oxygen atoms in total. The van der Waals surface area contributed by atoms with Gasteiger partial charge in [-0.2, -0.15) is 0 Å². The second kappa shape index (κ2) is 9.61. The number of carbonyl (C=O) groups excluding carboxylic acids is 2. The summed E-state index contributed by atoms with van der Waals surface area (Å²) in [5, 5.41) is 2.88. The Kier molecular flexibility index (Phi) is 6.66. The third-order valence-electron chi connectivity index (χ3n) is 5.79. The van der Waals surface area contributed by atoms with Gasteiger partial charge in [0.05, 0.1) is 5.75 Å². The Hall–Kier alpha value is -3.05. The number of hydrogen-bond acceptors (Lipinski definition) is 3. The highest BCUT2D eigenvalue weighted by atomic mass is 32.2. The van der Waals surface area contributed by atoms with E-state index in [9.17, 15) is 9.59 Å². The van der Waals surface area contributed by atoms with Gasteiger partial charge in [-0.3, -0.25) is 14.5 Å². The van der Waals surface area contributed by atoms with E-state index in [0.29, 0.717) is 17.2 Å². The van der Waals surface area contributed by atoms with Crippen LogP contribution in [0.25, 0.3) is 0 Å². The topological polar surface area (TPSA) is 49.4 Å². The van der Waals surface area contributed by atoms with Gasteiger partial charge in [-0.1, -0.05) is 69.3 Å². The fraction of sp³-hybridized carbons (Fsp3) is 0.259. The van der Waals surface area contributed by atoms with Crippen LogP contribution in [0.15, 0.2) is 72.8 Å². The Balaban J connectivity index is 1.67. The Morgan fingerprint density at radius 3 is 2.44 bits per heavy atom. The van der Waals surface area contributed by atoms with Crippen molar-refractivity contribution in [2.45, 2.75) is 38.5 Å². The largest absolute Gasteiger partial charge is 0.322 e. The highest BCUT2D eigenvalue weighted by Gasteiger charge is 2.36. The van der Waals surface area contributed by atoms with Gasteiger partial charge in [0.2, 0.25) is 5.91 Å². The molecule has 0 saturated carbocycles. The molecule has 1 heterocycles. The lowest BCUT2D eigenvalue weighted by atomic mass is 10.00. The molecule has 0 aliphatic carbocycles. The van der Waals surface area contributed by atoms with Crippen LogP contribution in [0.3, 0.4) is 0 Å². The predicted molar refractivity (Wildman–Crippen MR) is 133 cm³/mol. The third kappa shape index (κ3) is 4.44. The number of hydrogen-bond donors (Lipinski definition) is 1. The summed E-state index contributed by atoms with van der Waals surface area (Å²) < 4.78 is 0. The summed E-state index contributed by atoms with van der Waals surface area (Å²) in [5.41, 5.74) is 5.57. The van der Waals surface area contributed by atoms with Gasteiger partial charge in [0.25, 0.3) is 5.91 Å². The number of rotatable bonds is 6. The number of carbonyl (C=O) groups is 2. The molecule has 3 aromatic carbocycles. The van der Waals surface area contributed by atoms with Crippen molar-refractivity contribution >= 4 is 35.0 Å². The summed E-state index contributed by atoms with van der Waals surface area (Å²) in [4.78, 5) is 27.8. The van der Waals surface area contributed by atoms with Crippen molar-refractivity contribution in [2.24, 2.45) is 0 Å². The van der Waals surface area contributed by atoms with Crippen molar-refractivity contribution in [1.82, 2.24) is 0 Å². The zero-order valence-corrected chi connectivity index (χ0v) is 19.5. The minimum absolute atomic E-state index is 0.0874. The smallest absolute Gasteiger partial charge is 0.255 e. The van der Waals surface area contributed by atoms with Gasteiger partial charge in [-0.15, -0.1) is 11.8 Å². The molecule has 32 heavy (non-hydrogen) atoms. The molecule has 5 heteroatoms. The zero-order valence-electron chi connectivity index (χ0n) is 18.7. The lowest BCUT2D eigenvalue weighted by Crippen LogP contribution is -2.29. The minimum Gasteiger partial charge on any atom is -0.322 e. The van der Waals surface area contributed by atoms with E-state index < -0.39 is 0 Å². The van der Waals surface area contributed by atoms with Crippen molar-refractivity contribution in [3.05, 3.63) is 95.1 Å². The number of nitrogens with zero attached hydrogens (tertiary/aromatic N) is 1. The molecule has 1 fully saturated rings. The van der Waals surface area contributed by atoms with Gasteiger partial charge in [0.15, 0.2) is 0 Å². The van der Waals surface area contributed by atoms with E-state index in [2.05, 4.69) is 32.2 Å². The van der Waals surface area contributed by atoms with Crippen molar-refractivity contribution < 1.29 is 9.59 Å². The average molecular weight is 445 g/mol. The SMILES string of the molecule is CCc1ccc(C(=O)Nc2ccccc2[C@@H]2SCC(=O)N2c2ccccc2C(C)C)cc1. The molecule has 0 radical (unpaired) electrons. The minimum atomic E-state index is -0.193. The van der Waals surface area contributed by atoms with Gasteiger partial charge in [-0.25, -0.2) is 0 Å². The molecule has 2 amide bonds. The molecule has 164 valence electrons. The number of benzene rings is 3. The molecule has 0 unspecified atom stereocenters. The van der Waals surface area contributed by atoms with Gasteiger partial charge in [0.1, 0.15) is 5.37 Å². The normalized spacial score (nSPS) is 15.9. The fourth-order valence-electron chi connectivity index (χ4n) is 4.02. The summed E-state index contributed by atoms with van der Waals surface area (Å²) >= 11 is 1.59. The van der Waals surface area contributed by atoms with Crippen LogP contribution in [0.4, 0.5) is 11.4 Å². The molecule has 1 saturated heterocycles. The highest BCUT2D eigenvalue weighted by molar-refractivity contribution is 8.00. The van der Waals surface area contributed by atoms with E-state index in [1.807, 2.05) is 71.6 Å². The van der Waals surface area contributed by atoms with Crippen LogP contribution in [0.2, 0.25) is 0 Å². The van der Waals surface area contributed by atoms with Crippen LogP contribution in [-0.2, 0) is 11.2 Å². The molecule has 4 rings (SSSR count). The first-order valence-corrected chi connectivity index (χ1v) is 12.1. The van der Waals surface area contributed by atoms with E-state index in [4.69, 9.17) is 0 Å². The fourth-order valence-corrected chi connectivity index (χ4v) is 5.23. The molecule has 0 bridgehead atoms. The van der Waals surface area contributed by atoms with Crippen LogP contribution in [0.5, 0.6) is 0 Å². The summed E-state index contributed by atoms with van der Waals surface area (Å²) in [5.74, 6) is 0.650. The number of aryl methyl sites for hydroxylation is 1. The number of amides is 2. The summed E-state index contributed by atoms with van der Waals surface area (Å²) in [6.45, 7) is 6.37. The number of thioether (sulfide) groups is 1. The lowest BCUT2D eigenvalue weighted by Gasteiger charge is -2.29. The molecule has 0 spiro atoms. The first kappa shape index (κ1) is 22.2. The molecule has 1 aliphatic rings. The average Bonchev–Trinajstić information content (AvgIpc) is 3.20. The van der Waals surface area contributed by atoms with Gasteiger partial charge in [0, 0.05) is 22.5 Å². The molecule has 0 aromatic heterocycles. The van der Waals surface area contributed by atoms with Crippen LogP contribution in [-0.4, -0.2) is 17.6 Å². The number of nitrogens with one attached hydrogen (secondary N) is 1. The monoisotopic (exact) mass is 444 g/mol. The quantitative estimate of drug-likeness (QED) is 0.478. The third-order valence-corrected chi connectivity index (χ3v) is 6.98. The van der Waals surface area contributed by atoms with E-state index >= 15 is 0 Å². The second-order valence-electron chi connectivity index (χ2n) is 8.23. The van der Waals surface area contributed by atoms with E-state index in [1.165, 1.54) is 5.56 Å². The number of para-hydroxylation sites is 2. The van der Waals surface area contributed by atoms with Crippen LogP contribution in [0.1, 0.15) is 59.1 Å². The summed E-state index contributed by atoms with van der Waals surface area (Å²) in [7, 11) is 0. The number of anilines is 2. The van der Waals surface area contributed by atoms with E-state index in [0.717, 1.165) is 28.9 Å². The van der Waals surface area contributed by atoms with Crippen molar-refractivity contribution in [3.8, 4) is 0 Å². The van der Waals surface area contributed by atoms with E-state index in [1.54, 1.807) is 11.8 Å². The first-order chi connectivity index (χ1) is 15.5. The molecule has 3 aromatic rings. The standard InChI is InChI=1S/C27H28N2O2S/c1-4-19-13-15-20(16-14-19)26(31)28-23-11-7-5-10-22(23)27-29(25(30)17-32-27)24-12-8-6-9-21(24)18(2)3/h5-16,18,27H,4,17H2,1-3H3,(H,28,31)/t27-/m0/s1.